The Labute approximate surface area is 184 Å². The highest BCUT2D eigenvalue weighted by Gasteiger charge is 2.45. The van der Waals surface area contributed by atoms with Crippen LogP contribution >= 0.6 is 11.6 Å². The van der Waals surface area contributed by atoms with E-state index in [2.05, 4.69) is 54.7 Å². The summed E-state index contributed by atoms with van der Waals surface area (Å²) in [6.45, 7) is 22.3. The first kappa shape index (κ1) is 25.9. The summed E-state index contributed by atoms with van der Waals surface area (Å²) in [4.78, 5) is 13.3. The van der Waals surface area contributed by atoms with Crippen molar-refractivity contribution >= 4 is 25.7 Å². The van der Waals surface area contributed by atoms with E-state index in [9.17, 15) is 4.79 Å². The van der Waals surface area contributed by atoms with Crippen LogP contribution in [0.3, 0.4) is 0 Å². The van der Waals surface area contributed by atoms with Gasteiger partial charge in [-0.05, 0) is 60.2 Å². The van der Waals surface area contributed by atoms with Crippen molar-refractivity contribution in [2.75, 3.05) is 6.61 Å². The van der Waals surface area contributed by atoms with Crippen LogP contribution in [0.2, 0.25) is 21.6 Å². The van der Waals surface area contributed by atoms with Crippen molar-refractivity contribution in [2.45, 2.75) is 77.4 Å². The van der Waals surface area contributed by atoms with Crippen LogP contribution in [0.15, 0.2) is 49.6 Å². The fraction of sp³-hybridized carbons (Fsp3) is 0.560. The molecule has 0 aromatic heterocycles. The molecule has 0 spiro atoms. The maximum atomic E-state index is 13.3. The molecule has 29 heavy (non-hydrogen) atoms. The second kappa shape index (κ2) is 11.3. The predicted octanol–water partition coefficient (Wildman–Crippen LogP) is 8.24. The van der Waals surface area contributed by atoms with Crippen molar-refractivity contribution in [1.29, 1.82) is 0 Å². The molecule has 0 amide bonds. The van der Waals surface area contributed by atoms with E-state index in [-0.39, 0.29) is 5.78 Å². The molecule has 0 radical (unpaired) electrons. The number of benzene rings is 1. The van der Waals surface area contributed by atoms with Gasteiger partial charge >= 0.3 is 0 Å². The molecule has 0 aliphatic heterocycles. The van der Waals surface area contributed by atoms with Gasteiger partial charge < -0.3 is 4.43 Å². The lowest BCUT2D eigenvalue weighted by Crippen LogP contribution is -2.48. The number of halogens is 1. The van der Waals surface area contributed by atoms with Gasteiger partial charge in [0.25, 0.3) is 0 Å². The number of rotatable bonds is 13. The smallest absolute Gasteiger partial charge is 0.200 e. The fourth-order valence-electron chi connectivity index (χ4n) is 4.87. The summed E-state index contributed by atoms with van der Waals surface area (Å²) in [5.41, 5.74) is 1.66. The molecular formula is C25H39ClO2Si. The van der Waals surface area contributed by atoms with Crippen LogP contribution in [-0.4, -0.2) is 20.7 Å². The van der Waals surface area contributed by atoms with E-state index >= 15 is 0 Å². The molecule has 0 saturated carbocycles. The summed E-state index contributed by atoms with van der Waals surface area (Å²) < 4.78 is 6.68. The lowest BCUT2D eigenvalue weighted by atomic mass is 9.74. The predicted molar refractivity (Wildman–Crippen MR) is 129 cm³/mol. The first-order valence-corrected chi connectivity index (χ1v) is 13.3. The van der Waals surface area contributed by atoms with Gasteiger partial charge in [-0.15, -0.1) is 13.2 Å². The molecule has 0 bridgehead atoms. The second-order valence-electron chi connectivity index (χ2n) is 8.96. The summed E-state index contributed by atoms with van der Waals surface area (Å²) >= 11 is 5.99. The first-order valence-electron chi connectivity index (χ1n) is 10.8. The van der Waals surface area contributed by atoms with E-state index in [0.29, 0.717) is 46.7 Å². The summed E-state index contributed by atoms with van der Waals surface area (Å²) in [6, 6.07) is 7.09. The van der Waals surface area contributed by atoms with Gasteiger partial charge in [0.05, 0.1) is 5.41 Å². The zero-order valence-electron chi connectivity index (χ0n) is 19.1. The lowest BCUT2D eigenvalue weighted by Gasteiger charge is -2.42. The van der Waals surface area contributed by atoms with Crippen LogP contribution in [0.25, 0.3) is 0 Å². The molecule has 0 saturated heterocycles. The molecule has 1 atom stereocenters. The number of hydrogen-bond acceptors (Lipinski definition) is 2. The Balaban J connectivity index is 2.97. The topological polar surface area (TPSA) is 26.3 Å². The summed E-state index contributed by atoms with van der Waals surface area (Å²) in [5, 5.41) is 0.625. The second-order valence-corrected chi connectivity index (χ2v) is 14.9. The van der Waals surface area contributed by atoms with Crippen molar-refractivity contribution in [2.24, 2.45) is 5.41 Å². The Morgan fingerprint density at radius 3 is 2.00 bits per heavy atom. The lowest BCUT2D eigenvalue weighted by molar-refractivity contribution is 0.0833. The molecule has 1 rings (SSSR count). The minimum Gasteiger partial charge on any atom is -0.416 e. The van der Waals surface area contributed by atoms with E-state index in [0.717, 1.165) is 6.42 Å². The van der Waals surface area contributed by atoms with Crippen molar-refractivity contribution in [3.05, 3.63) is 60.2 Å². The standard InChI is InChI=1S/C25H39ClO2Si/c1-9-16-25(10-2,24(27)22-12-14-23(26)15-13-22)17-11-18-28-29(19(3)4,20(5)6)21(7)8/h9-10,12-15,19-21H,1-2,11,16-18H2,3-8H3. The molecule has 2 nitrogen and oxygen atoms in total. The van der Waals surface area contributed by atoms with Crippen molar-refractivity contribution in [3.63, 3.8) is 0 Å². The van der Waals surface area contributed by atoms with Crippen LogP contribution in [0, 0.1) is 5.41 Å². The number of hydrogen-bond donors (Lipinski definition) is 0. The van der Waals surface area contributed by atoms with Gasteiger partial charge in [0.1, 0.15) is 0 Å². The van der Waals surface area contributed by atoms with Crippen LogP contribution < -0.4 is 0 Å². The summed E-state index contributed by atoms with van der Waals surface area (Å²) in [5.74, 6) is 0.0733. The minimum absolute atomic E-state index is 0.0733. The molecule has 1 aromatic carbocycles. The molecule has 4 heteroatoms. The molecule has 1 unspecified atom stereocenters. The van der Waals surface area contributed by atoms with Crippen molar-refractivity contribution in [1.82, 2.24) is 0 Å². The van der Waals surface area contributed by atoms with E-state index in [1.54, 1.807) is 30.3 Å². The highest BCUT2D eigenvalue weighted by atomic mass is 35.5. The van der Waals surface area contributed by atoms with E-state index < -0.39 is 13.7 Å². The SMILES string of the molecule is C=CCC(C=C)(CCCO[Si](C(C)C)(C(C)C)C(C)C)C(=O)c1ccc(Cl)cc1. The Hall–Kier alpha value is -1.16. The average Bonchev–Trinajstić information content (AvgIpc) is 2.66. The van der Waals surface area contributed by atoms with Gasteiger partial charge in [-0.25, -0.2) is 0 Å². The van der Waals surface area contributed by atoms with Gasteiger partial charge in [0.15, 0.2) is 14.1 Å². The third kappa shape index (κ3) is 5.93. The number of Topliss-reactive ketones (excluding diaryl/α,β-unsaturated/α-hetero) is 1. The number of carbonyl (C=O) groups is 1. The Kier molecular flexibility index (Phi) is 10.1. The van der Waals surface area contributed by atoms with Crippen LogP contribution in [-0.2, 0) is 4.43 Å². The van der Waals surface area contributed by atoms with Gasteiger partial charge in [0.2, 0.25) is 0 Å². The third-order valence-electron chi connectivity index (χ3n) is 6.28. The zero-order chi connectivity index (χ0) is 22.2. The van der Waals surface area contributed by atoms with E-state index in [1.165, 1.54) is 0 Å². The van der Waals surface area contributed by atoms with Crippen molar-refractivity contribution < 1.29 is 9.22 Å². The van der Waals surface area contributed by atoms with Crippen LogP contribution in [0.4, 0.5) is 0 Å². The maximum Gasteiger partial charge on any atom is 0.200 e. The normalized spacial score (nSPS) is 14.3. The zero-order valence-corrected chi connectivity index (χ0v) is 20.9. The molecule has 0 aliphatic rings. The molecule has 0 fully saturated rings. The molecule has 0 heterocycles. The van der Waals surface area contributed by atoms with Crippen LogP contribution in [0.1, 0.15) is 71.2 Å². The quantitative estimate of drug-likeness (QED) is 0.135. The van der Waals surface area contributed by atoms with Gasteiger partial charge in [-0.1, -0.05) is 65.3 Å². The van der Waals surface area contributed by atoms with Crippen molar-refractivity contribution in [3.8, 4) is 0 Å². The Morgan fingerprint density at radius 2 is 1.59 bits per heavy atom. The maximum absolute atomic E-state index is 13.3. The summed E-state index contributed by atoms with van der Waals surface area (Å²) in [6.07, 6.45) is 5.69. The minimum atomic E-state index is -1.90. The molecule has 0 N–H and O–H groups in total. The molecule has 0 aliphatic carbocycles. The number of carbonyl (C=O) groups excluding carboxylic acids is 1. The first-order chi connectivity index (χ1) is 13.6. The van der Waals surface area contributed by atoms with E-state index in [1.807, 2.05) is 6.08 Å². The molecular weight excluding hydrogens is 396 g/mol. The largest absolute Gasteiger partial charge is 0.416 e. The average molecular weight is 435 g/mol. The highest BCUT2D eigenvalue weighted by molar-refractivity contribution is 6.77. The van der Waals surface area contributed by atoms with E-state index in [4.69, 9.17) is 16.0 Å². The molecule has 162 valence electrons. The number of allylic oxidation sites excluding steroid dienone is 2. The molecule has 1 aromatic rings. The fourth-order valence-corrected chi connectivity index (χ4v) is 10.5. The Bertz CT molecular complexity index is 657. The van der Waals surface area contributed by atoms with Gasteiger partial charge in [0, 0.05) is 17.2 Å². The summed E-state index contributed by atoms with van der Waals surface area (Å²) in [7, 11) is -1.90. The van der Waals surface area contributed by atoms with Crippen LogP contribution in [0.5, 0.6) is 0 Å². The van der Waals surface area contributed by atoms with Gasteiger partial charge in [-0.3, -0.25) is 4.79 Å². The third-order valence-corrected chi connectivity index (χ3v) is 12.7. The monoisotopic (exact) mass is 434 g/mol. The van der Waals surface area contributed by atoms with Gasteiger partial charge in [-0.2, -0.15) is 0 Å². The highest BCUT2D eigenvalue weighted by Crippen LogP contribution is 2.43. The number of ketones is 1. The Morgan fingerprint density at radius 1 is 1.07 bits per heavy atom.